The third-order valence-corrected chi connectivity index (χ3v) is 2.61. The Hall–Kier alpha value is -1.06. The largest absolute Gasteiger partial charge is 0.452 e. The second-order valence-electron chi connectivity index (χ2n) is 3.85. The number of carbonyl (C=O) groups excluding carboxylic acids is 2. The number of hydrogen-bond donors (Lipinski definition) is 1. The second-order valence-corrected chi connectivity index (χ2v) is 3.85. The maximum Gasteiger partial charge on any atom is 0.306 e. The molecule has 2 aliphatic rings. The van der Waals surface area contributed by atoms with Gasteiger partial charge in [-0.15, -0.1) is 0 Å². The van der Waals surface area contributed by atoms with E-state index in [2.05, 4.69) is 12.2 Å². The van der Waals surface area contributed by atoms with Gasteiger partial charge in [0.25, 0.3) is 5.91 Å². The topological polar surface area (TPSA) is 55.4 Å². The van der Waals surface area contributed by atoms with Crippen molar-refractivity contribution in [2.75, 3.05) is 0 Å². The maximum absolute atomic E-state index is 11.4. The molecule has 0 spiro atoms. The van der Waals surface area contributed by atoms with Gasteiger partial charge in [0.15, 0.2) is 6.10 Å². The van der Waals surface area contributed by atoms with E-state index in [1.54, 1.807) is 0 Å². The molecule has 13 heavy (non-hydrogen) atoms. The van der Waals surface area contributed by atoms with Crippen molar-refractivity contribution in [2.45, 2.75) is 38.3 Å². The number of hydrogen-bond acceptors (Lipinski definition) is 3. The predicted octanol–water partition coefficient (Wildman–Crippen LogP) is 0.217. The van der Waals surface area contributed by atoms with Gasteiger partial charge in [0.1, 0.15) is 0 Å². The van der Waals surface area contributed by atoms with Crippen LogP contribution < -0.4 is 5.32 Å². The molecule has 0 radical (unpaired) electrons. The molecular weight excluding hydrogens is 170 g/mol. The van der Waals surface area contributed by atoms with Gasteiger partial charge in [-0.3, -0.25) is 9.59 Å². The van der Waals surface area contributed by atoms with E-state index in [9.17, 15) is 9.59 Å². The van der Waals surface area contributed by atoms with Crippen molar-refractivity contribution in [1.29, 1.82) is 0 Å². The van der Waals surface area contributed by atoms with E-state index < -0.39 is 6.10 Å². The van der Waals surface area contributed by atoms with Crippen LogP contribution in [0.1, 0.15) is 26.2 Å². The summed E-state index contributed by atoms with van der Waals surface area (Å²) in [5.41, 5.74) is 0. The molecular formula is C9H13NO3. The summed E-state index contributed by atoms with van der Waals surface area (Å²) < 4.78 is 4.84. The van der Waals surface area contributed by atoms with Gasteiger partial charge in [0, 0.05) is 18.9 Å². The zero-order chi connectivity index (χ0) is 9.42. The molecule has 0 aromatic carbocycles. The van der Waals surface area contributed by atoms with E-state index >= 15 is 0 Å². The smallest absolute Gasteiger partial charge is 0.306 e. The van der Waals surface area contributed by atoms with E-state index in [1.165, 1.54) is 0 Å². The summed E-state index contributed by atoms with van der Waals surface area (Å²) >= 11 is 0. The van der Waals surface area contributed by atoms with Gasteiger partial charge in [0.05, 0.1) is 0 Å². The van der Waals surface area contributed by atoms with Gasteiger partial charge >= 0.3 is 5.97 Å². The van der Waals surface area contributed by atoms with Gasteiger partial charge < -0.3 is 10.1 Å². The molecule has 3 atom stereocenters. The fourth-order valence-corrected chi connectivity index (χ4v) is 1.51. The number of carbonyl (C=O) groups is 2. The van der Waals surface area contributed by atoms with E-state index in [1.807, 2.05) is 0 Å². The lowest BCUT2D eigenvalue weighted by Gasteiger charge is -2.08. The SMILES string of the molecule is C[C@@H]1C[C@H]1NC(=O)C1CCC(=O)O1. The Kier molecular flexibility index (Phi) is 1.98. The van der Waals surface area contributed by atoms with Gasteiger partial charge in [-0.1, -0.05) is 6.92 Å². The number of cyclic esters (lactones) is 1. The van der Waals surface area contributed by atoms with Crippen molar-refractivity contribution in [2.24, 2.45) is 5.92 Å². The molecule has 2 rings (SSSR count). The Morgan fingerprint density at radius 1 is 1.62 bits per heavy atom. The van der Waals surface area contributed by atoms with Crippen molar-refractivity contribution < 1.29 is 14.3 Å². The summed E-state index contributed by atoms with van der Waals surface area (Å²) in [6, 6.07) is 0.312. The van der Waals surface area contributed by atoms with E-state index in [0.29, 0.717) is 24.8 Å². The lowest BCUT2D eigenvalue weighted by Crippen LogP contribution is -2.36. The van der Waals surface area contributed by atoms with Crippen LogP contribution in [0.4, 0.5) is 0 Å². The quantitative estimate of drug-likeness (QED) is 0.623. The molecule has 4 heteroatoms. The molecule has 1 saturated heterocycles. The molecule has 1 amide bonds. The summed E-state index contributed by atoms with van der Waals surface area (Å²) in [7, 11) is 0. The number of esters is 1. The highest BCUT2D eigenvalue weighted by Crippen LogP contribution is 2.29. The first-order valence-electron chi connectivity index (χ1n) is 4.66. The standard InChI is InChI=1S/C9H13NO3/c1-5-4-6(5)10-9(12)7-2-3-8(11)13-7/h5-7H,2-4H2,1H3,(H,10,12)/t5-,6-,7?/m1/s1. The van der Waals surface area contributed by atoms with Crippen LogP contribution in [0.5, 0.6) is 0 Å². The Balaban J connectivity index is 1.80. The molecule has 1 saturated carbocycles. The molecule has 1 heterocycles. The fraction of sp³-hybridized carbons (Fsp3) is 0.778. The zero-order valence-corrected chi connectivity index (χ0v) is 7.58. The average Bonchev–Trinajstić information content (AvgIpc) is 2.62. The van der Waals surface area contributed by atoms with Gasteiger partial charge in [-0.25, -0.2) is 0 Å². The summed E-state index contributed by atoms with van der Waals surface area (Å²) in [6.07, 6.45) is 1.43. The van der Waals surface area contributed by atoms with Crippen molar-refractivity contribution >= 4 is 11.9 Å². The number of rotatable bonds is 2. The monoisotopic (exact) mass is 183 g/mol. The van der Waals surface area contributed by atoms with Crippen LogP contribution in [-0.2, 0) is 14.3 Å². The summed E-state index contributed by atoms with van der Waals surface area (Å²) in [6.45, 7) is 2.09. The molecule has 2 fully saturated rings. The first kappa shape index (κ1) is 8.53. The normalized spacial score (nSPS) is 37.0. The number of amides is 1. The van der Waals surface area contributed by atoms with E-state index in [4.69, 9.17) is 4.74 Å². The molecule has 1 aliphatic carbocycles. The van der Waals surface area contributed by atoms with Crippen LogP contribution in [0.25, 0.3) is 0 Å². The number of nitrogens with one attached hydrogen (secondary N) is 1. The molecule has 0 aromatic rings. The Bertz CT molecular complexity index is 251. The van der Waals surface area contributed by atoms with Crippen LogP contribution in [0.3, 0.4) is 0 Å². The van der Waals surface area contributed by atoms with Crippen LogP contribution in [0.2, 0.25) is 0 Å². The first-order valence-corrected chi connectivity index (χ1v) is 4.66. The van der Waals surface area contributed by atoms with E-state index in [0.717, 1.165) is 6.42 Å². The lowest BCUT2D eigenvalue weighted by atomic mass is 10.2. The summed E-state index contributed by atoms with van der Waals surface area (Å²) in [5, 5.41) is 2.85. The Morgan fingerprint density at radius 2 is 2.31 bits per heavy atom. The van der Waals surface area contributed by atoms with Crippen molar-refractivity contribution in [3.05, 3.63) is 0 Å². The highest BCUT2D eigenvalue weighted by atomic mass is 16.6. The molecule has 1 unspecified atom stereocenters. The average molecular weight is 183 g/mol. The third kappa shape index (κ3) is 1.82. The van der Waals surface area contributed by atoms with Crippen molar-refractivity contribution in [3.63, 3.8) is 0 Å². The molecule has 1 aliphatic heterocycles. The van der Waals surface area contributed by atoms with Crippen LogP contribution in [-0.4, -0.2) is 24.0 Å². The van der Waals surface area contributed by atoms with Gasteiger partial charge in [-0.05, 0) is 12.3 Å². The minimum Gasteiger partial charge on any atom is -0.452 e. The van der Waals surface area contributed by atoms with Crippen LogP contribution in [0, 0.1) is 5.92 Å². The van der Waals surface area contributed by atoms with Crippen LogP contribution in [0.15, 0.2) is 0 Å². The highest BCUT2D eigenvalue weighted by molar-refractivity contribution is 5.86. The van der Waals surface area contributed by atoms with Crippen LogP contribution >= 0.6 is 0 Å². The molecule has 4 nitrogen and oxygen atoms in total. The fourth-order valence-electron chi connectivity index (χ4n) is 1.51. The van der Waals surface area contributed by atoms with Gasteiger partial charge in [-0.2, -0.15) is 0 Å². The Labute approximate surface area is 76.6 Å². The second kappa shape index (κ2) is 3.01. The predicted molar refractivity (Wildman–Crippen MR) is 44.8 cm³/mol. The lowest BCUT2D eigenvalue weighted by molar-refractivity contribution is -0.148. The molecule has 0 bridgehead atoms. The first-order chi connectivity index (χ1) is 6.16. The Morgan fingerprint density at radius 3 is 2.77 bits per heavy atom. The third-order valence-electron chi connectivity index (χ3n) is 2.61. The maximum atomic E-state index is 11.4. The summed E-state index contributed by atoms with van der Waals surface area (Å²) in [5.74, 6) is 0.199. The molecule has 1 N–H and O–H groups in total. The zero-order valence-electron chi connectivity index (χ0n) is 7.58. The summed E-state index contributed by atoms with van der Waals surface area (Å²) in [4.78, 5) is 22.1. The minimum absolute atomic E-state index is 0.125. The molecule has 0 aromatic heterocycles. The van der Waals surface area contributed by atoms with Gasteiger partial charge in [0.2, 0.25) is 0 Å². The van der Waals surface area contributed by atoms with E-state index in [-0.39, 0.29) is 11.9 Å². The van der Waals surface area contributed by atoms with Crippen molar-refractivity contribution in [1.82, 2.24) is 5.32 Å². The minimum atomic E-state index is -0.528. The highest BCUT2D eigenvalue weighted by Gasteiger charge is 2.37. The number of ether oxygens (including phenoxy) is 1. The molecule has 72 valence electrons. The van der Waals surface area contributed by atoms with Crippen molar-refractivity contribution in [3.8, 4) is 0 Å².